The van der Waals surface area contributed by atoms with Crippen molar-refractivity contribution in [2.45, 2.75) is 24.6 Å². The third-order valence-corrected chi connectivity index (χ3v) is 2.61. The molecule has 1 saturated heterocycles. The van der Waals surface area contributed by atoms with Gasteiger partial charge in [-0.2, -0.15) is 0 Å². The fraction of sp³-hybridized carbons (Fsp3) is 1.00. The van der Waals surface area contributed by atoms with Gasteiger partial charge in [0.1, 0.15) is 0 Å². The molecule has 1 rings (SSSR count). The van der Waals surface area contributed by atoms with Crippen LogP contribution in [0.1, 0.15) is 19.8 Å². The molecule has 1 aliphatic rings. The molecule has 2 heteroatoms. The van der Waals surface area contributed by atoms with Gasteiger partial charge < -0.3 is 5.73 Å². The van der Waals surface area contributed by atoms with Gasteiger partial charge in [-0.25, -0.2) is 0 Å². The molecule has 1 atom stereocenters. The minimum Gasteiger partial charge on any atom is -0.317 e. The van der Waals surface area contributed by atoms with E-state index in [1.54, 1.807) is 0 Å². The van der Waals surface area contributed by atoms with Gasteiger partial charge >= 0.3 is 0 Å². The minimum atomic E-state index is 0.111. The third kappa shape index (κ3) is 1.35. The highest BCUT2D eigenvalue weighted by Gasteiger charge is 2.23. The van der Waals surface area contributed by atoms with Crippen molar-refractivity contribution in [1.82, 2.24) is 0 Å². The van der Waals surface area contributed by atoms with E-state index in [-0.39, 0.29) is 4.87 Å². The summed E-state index contributed by atoms with van der Waals surface area (Å²) < 4.78 is 0. The van der Waals surface area contributed by atoms with Gasteiger partial charge in [0.15, 0.2) is 0 Å². The minimum absolute atomic E-state index is 0.111. The van der Waals surface area contributed by atoms with Gasteiger partial charge in [0.05, 0.1) is 4.87 Å². The first-order chi connectivity index (χ1) is 3.21. The molecule has 1 aliphatic heterocycles. The zero-order valence-corrected chi connectivity index (χ0v) is 5.42. The summed E-state index contributed by atoms with van der Waals surface area (Å²) in [5, 5.41) is 0. The standard InChI is InChI=1S/C5H11NS/c1-5(6)3-2-4-7-5/h2-4,6H2,1H3. The second-order valence-electron chi connectivity index (χ2n) is 2.26. The van der Waals surface area contributed by atoms with E-state index in [1.807, 2.05) is 11.8 Å². The fourth-order valence-electron chi connectivity index (χ4n) is 0.801. The van der Waals surface area contributed by atoms with Gasteiger partial charge in [-0.15, -0.1) is 11.8 Å². The van der Waals surface area contributed by atoms with Crippen molar-refractivity contribution in [1.29, 1.82) is 0 Å². The molecule has 0 aromatic carbocycles. The highest BCUT2D eigenvalue weighted by Crippen LogP contribution is 2.32. The summed E-state index contributed by atoms with van der Waals surface area (Å²) in [5.41, 5.74) is 5.74. The Bertz CT molecular complexity index is 62.5. The van der Waals surface area contributed by atoms with Crippen molar-refractivity contribution in [2.75, 3.05) is 5.75 Å². The SMILES string of the molecule is CC1(N)CCCS1. The summed E-state index contributed by atoms with van der Waals surface area (Å²) in [4.78, 5) is 0.111. The Hall–Kier alpha value is 0.310. The van der Waals surface area contributed by atoms with Gasteiger partial charge in [-0.3, -0.25) is 0 Å². The van der Waals surface area contributed by atoms with E-state index in [0.717, 1.165) is 0 Å². The average molecular weight is 117 g/mol. The van der Waals surface area contributed by atoms with Gasteiger partial charge in [0, 0.05) is 0 Å². The first-order valence-corrected chi connectivity index (χ1v) is 3.62. The number of rotatable bonds is 0. The lowest BCUT2D eigenvalue weighted by molar-refractivity contribution is 0.635. The predicted octanol–water partition coefficient (Wildman–Crippen LogP) is 1.19. The van der Waals surface area contributed by atoms with Crippen molar-refractivity contribution >= 4 is 11.8 Å². The molecule has 0 aromatic rings. The molecule has 0 radical (unpaired) electrons. The maximum absolute atomic E-state index is 5.74. The second-order valence-corrected chi connectivity index (χ2v) is 3.89. The van der Waals surface area contributed by atoms with Gasteiger partial charge in [-0.05, 0) is 25.5 Å². The molecule has 1 fully saturated rings. The molecule has 1 nitrogen and oxygen atoms in total. The van der Waals surface area contributed by atoms with E-state index in [0.29, 0.717) is 0 Å². The summed E-state index contributed by atoms with van der Waals surface area (Å²) in [7, 11) is 0. The van der Waals surface area contributed by atoms with Crippen LogP contribution >= 0.6 is 11.8 Å². The van der Waals surface area contributed by atoms with Crippen LogP contribution in [0.3, 0.4) is 0 Å². The van der Waals surface area contributed by atoms with Crippen molar-refractivity contribution in [3.8, 4) is 0 Å². The zero-order valence-electron chi connectivity index (χ0n) is 4.61. The summed E-state index contributed by atoms with van der Waals surface area (Å²) in [6.07, 6.45) is 2.50. The molecule has 1 heterocycles. The normalized spacial score (nSPS) is 42.0. The molecular weight excluding hydrogens is 106 g/mol. The fourth-order valence-corrected chi connectivity index (χ4v) is 1.84. The van der Waals surface area contributed by atoms with E-state index in [4.69, 9.17) is 5.73 Å². The molecule has 0 aliphatic carbocycles. The first-order valence-electron chi connectivity index (χ1n) is 2.64. The van der Waals surface area contributed by atoms with E-state index >= 15 is 0 Å². The Balaban J connectivity index is 2.40. The van der Waals surface area contributed by atoms with Crippen LogP contribution in [-0.2, 0) is 0 Å². The predicted molar refractivity (Wildman–Crippen MR) is 34.3 cm³/mol. The van der Waals surface area contributed by atoms with Crippen LogP contribution in [0.25, 0.3) is 0 Å². The summed E-state index contributed by atoms with van der Waals surface area (Å²) >= 11 is 1.88. The molecule has 0 spiro atoms. The van der Waals surface area contributed by atoms with Crippen LogP contribution in [0.15, 0.2) is 0 Å². The topological polar surface area (TPSA) is 26.0 Å². The Labute approximate surface area is 48.7 Å². The monoisotopic (exact) mass is 117 g/mol. The molecule has 7 heavy (non-hydrogen) atoms. The number of hydrogen-bond acceptors (Lipinski definition) is 2. The van der Waals surface area contributed by atoms with E-state index in [9.17, 15) is 0 Å². The first kappa shape index (κ1) is 5.45. The van der Waals surface area contributed by atoms with Crippen LogP contribution in [0.5, 0.6) is 0 Å². The number of hydrogen-bond donors (Lipinski definition) is 1. The Morgan fingerprint density at radius 2 is 2.43 bits per heavy atom. The average Bonchev–Trinajstić information content (AvgIpc) is 1.84. The second kappa shape index (κ2) is 1.67. The van der Waals surface area contributed by atoms with Crippen molar-refractivity contribution in [3.63, 3.8) is 0 Å². The maximum Gasteiger partial charge on any atom is 0.0592 e. The van der Waals surface area contributed by atoms with Gasteiger partial charge in [-0.1, -0.05) is 0 Å². The maximum atomic E-state index is 5.74. The van der Waals surface area contributed by atoms with Crippen molar-refractivity contribution < 1.29 is 0 Å². The molecule has 0 saturated carbocycles. The van der Waals surface area contributed by atoms with Crippen LogP contribution < -0.4 is 5.73 Å². The Kier molecular flexibility index (Phi) is 1.30. The lowest BCUT2D eigenvalue weighted by Crippen LogP contribution is -2.27. The van der Waals surface area contributed by atoms with Gasteiger partial charge in [0.2, 0.25) is 0 Å². The molecular formula is C5H11NS. The van der Waals surface area contributed by atoms with E-state index < -0.39 is 0 Å². The summed E-state index contributed by atoms with van der Waals surface area (Å²) in [5.74, 6) is 1.26. The van der Waals surface area contributed by atoms with Crippen LogP contribution in [0, 0.1) is 0 Å². The Morgan fingerprint density at radius 3 is 2.57 bits per heavy atom. The Morgan fingerprint density at radius 1 is 1.71 bits per heavy atom. The molecule has 42 valence electrons. The van der Waals surface area contributed by atoms with Crippen LogP contribution in [0.4, 0.5) is 0 Å². The smallest absolute Gasteiger partial charge is 0.0592 e. The molecule has 1 unspecified atom stereocenters. The number of nitrogens with two attached hydrogens (primary N) is 1. The van der Waals surface area contributed by atoms with E-state index in [1.165, 1.54) is 18.6 Å². The lowest BCUT2D eigenvalue weighted by Gasteiger charge is -2.13. The summed E-state index contributed by atoms with van der Waals surface area (Å²) in [6, 6.07) is 0. The third-order valence-electron chi connectivity index (χ3n) is 1.25. The zero-order chi connectivity index (χ0) is 5.33. The largest absolute Gasteiger partial charge is 0.317 e. The van der Waals surface area contributed by atoms with Crippen molar-refractivity contribution in [2.24, 2.45) is 5.73 Å². The summed E-state index contributed by atoms with van der Waals surface area (Å²) in [6.45, 7) is 2.10. The van der Waals surface area contributed by atoms with Gasteiger partial charge in [0.25, 0.3) is 0 Å². The molecule has 0 aromatic heterocycles. The quantitative estimate of drug-likeness (QED) is 0.515. The highest BCUT2D eigenvalue weighted by atomic mass is 32.2. The number of thioether (sulfide) groups is 1. The molecule has 0 bridgehead atoms. The molecule has 2 N–H and O–H groups in total. The van der Waals surface area contributed by atoms with Crippen molar-refractivity contribution in [3.05, 3.63) is 0 Å². The van der Waals surface area contributed by atoms with Crippen LogP contribution in [-0.4, -0.2) is 10.6 Å². The molecule has 0 amide bonds. The lowest BCUT2D eigenvalue weighted by atomic mass is 10.2. The van der Waals surface area contributed by atoms with Crippen LogP contribution in [0.2, 0.25) is 0 Å². The highest BCUT2D eigenvalue weighted by molar-refractivity contribution is 8.00. The van der Waals surface area contributed by atoms with E-state index in [2.05, 4.69) is 6.92 Å².